The highest BCUT2D eigenvalue weighted by Crippen LogP contribution is 2.19. The highest BCUT2D eigenvalue weighted by Gasteiger charge is 2.16. The standard InChI is InChI=1S/C15H15FN2O/c1-10-3-4-11(16)9-14(10)15(19)18(2)13-7-5-12(17)6-8-13/h3-9H,17H2,1-2H3. The number of rotatable bonds is 2. The van der Waals surface area contributed by atoms with Crippen molar-refractivity contribution in [2.75, 3.05) is 17.7 Å². The lowest BCUT2D eigenvalue weighted by atomic mass is 10.1. The van der Waals surface area contributed by atoms with E-state index in [0.717, 1.165) is 5.56 Å². The minimum absolute atomic E-state index is 0.248. The van der Waals surface area contributed by atoms with Gasteiger partial charge in [0.1, 0.15) is 5.82 Å². The van der Waals surface area contributed by atoms with E-state index >= 15 is 0 Å². The number of nitrogens with two attached hydrogens (primary N) is 1. The number of aryl methyl sites for hydroxylation is 1. The number of carbonyl (C=O) groups excluding carboxylic acids is 1. The van der Waals surface area contributed by atoms with Gasteiger partial charge in [-0.05, 0) is 48.9 Å². The number of carbonyl (C=O) groups is 1. The normalized spacial score (nSPS) is 10.3. The van der Waals surface area contributed by atoms with Crippen LogP contribution >= 0.6 is 0 Å². The predicted octanol–water partition coefficient (Wildman–Crippen LogP) is 2.99. The molecule has 0 aliphatic heterocycles. The van der Waals surface area contributed by atoms with Crippen molar-refractivity contribution in [2.24, 2.45) is 0 Å². The van der Waals surface area contributed by atoms with E-state index in [-0.39, 0.29) is 5.91 Å². The van der Waals surface area contributed by atoms with Crippen LogP contribution in [0.2, 0.25) is 0 Å². The number of nitrogen functional groups attached to an aromatic ring is 1. The summed E-state index contributed by atoms with van der Waals surface area (Å²) in [5.41, 5.74) is 8.05. The van der Waals surface area contributed by atoms with Gasteiger partial charge in [0.05, 0.1) is 0 Å². The minimum atomic E-state index is -0.417. The third-order valence-electron chi connectivity index (χ3n) is 3.02. The fourth-order valence-electron chi connectivity index (χ4n) is 1.82. The molecule has 0 fully saturated rings. The van der Waals surface area contributed by atoms with Gasteiger partial charge in [-0.3, -0.25) is 4.79 Å². The molecule has 0 heterocycles. The molecule has 2 aromatic rings. The van der Waals surface area contributed by atoms with E-state index in [4.69, 9.17) is 5.73 Å². The average molecular weight is 258 g/mol. The van der Waals surface area contributed by atoms with Gasteiger partial charge in [0, 0.05) is 24.0 Å². The zero-order chi connectivity index (χ0) is 14.0. The molecule has 2 rings (SSSR count). The fraction of sp³-hybridized carbons (Fsp3) is 0.133. The van der Waals surface area contributed by atoms with Crippen molar-refractivity contribution in [2.45, 2.75) is 6.92 Å². The lowest BCUT2D eigenvalue weighted by molar-refractivity contribution is 0.0992. The number of halogens is 1. The summed E-state index contributed by atoms with van der Waals surface area (Å²) in [4.78, 5) is 13.8. The van der Waals surface area contributed by atoms with Crippen LogP contribution in [0.3, 0.4) is 0 Å². The number of hydrogen-bond donors (Lipinski definition) is 1. The molecule has 0 bridgehead atoms. The van der Waals surface area contributed by atoms with Crippen LogP contribution in [0, 0.1) is 12.7 Å². The van der Waals surface area contributed by atoms with Gasteiger partial charge in [0.2, 0.25) is 0 Å². The monoisotopic (exact) mass is 258 g/mol. The van der Waals surface area contributed by atoms with Crippen LogP contribution in [0.25, 0.3) is 0 Å². The number of amides is 1. The Morgan fingerprint density at radius 2 is 1.79 bits per heavy atom. The molecule has 4 heteroatoms. The van der Waals surface area contributed by atoms with E-state index in [2.05, 4.69) is 0 Å². The molecule has 19 heavy (non-hydrogen) atoms. The average Bonchev–Trinajstić information content (AvgIpc) is 2.41. The van der Waals surface area contributed by atoms with Gasteiger partial charge in [0.25, 0.3) is 5.91 Å². The van der Waals surface area contributed by atoms with Gasteiger partial charge in [-0.15, -0.1) is 0 Å². The molecular weight excluding hydrogens is 243 g/mol. The van der Waals surface area contributed by atoms with Crippen LogP contribution in [-0.4, -0.2) is 13.0 Å². The summed E-state index contributed by atoms with van der Waals surface area (Å²) in [6.45, 7) is 1.78. The highest BCUT2D eigenvalue weighted by atomic mass is 19.1. The molecule has 2 N–H and O–H groups in total. The third-order valence-corrected chi connectivity index (χ3v) is 3.02. The maximum Gasteiger partial charge on any atom is 0.258 e. The van der Waals surface area contributed by atoms with E-state index in [0.29, 0.717) is 16.9 Å². The largest absolute Gasteiger partial charge is 0.399 e. The van der Waals surface area contributed by atoms with Crippen LogP contribution in [0.1, 0.15) is 15.9 Å². The lowest BCUT2D eigenvalue weighted by Crippen LogP contribution is -2.27. The highest BCUT2D eigenvalue weighted by molar-refractivity contribution is 6.06. The Hall–Kier alpha value is -2.36. The number of anilines is 2. The van der Waals surface area contributed by atoms with Gasteiger partial charge in [0.15, 0.2) is 0 Å². The second-order valence-corrected chi connectivity index (χ2v) is 4.41. The smallest absolute Gasteiger partial charge is 0.258 e. The molecule has 0 unspecified atom stereocenters. The summed E-state index contributed by atoms with van der Waals surface area (Å²) in [5, 5.41) is 0. The summed E-state index contributed by atoms with van der Waals surface area (Å²) in [7, 11) is 1.65. The van der Waals surface area contributed by atoms with Gasteiger partial charge in [-0.2, -0.15) is 0 Å². The molecule has 0 saturated heterocycles. The Balaban J connectivity index is 2.33. The second-order valence-electron chi connectivity index (χ2n) is 4.41. The van der Waals surface area contributed by atoms with E-state index in [1.54, 1.807) is 44.3 Å². The summed E-state index contributed by atoms with van der Waals surface area (Å²) in [6.07, 6.45) is 0. The zero-order valence-electron chi connectivity index (χ0n) is 10.9. The first-order valence-corrected chi connectivity index (χ1v) is 5.89. The van der Waals surface area contributed by atoms with Crippen molar-refractivity contribution in [3.63, 3.8) is 0 Å². The summed E-state index contributed by atoms with van der Waals surface area (Å²) in [6, 6.07) is 11.1. The topological polar surface area (TPSA) is 46.3 Å². The molecule has 0 saturated carbocycles. The van der Waals surface area contributed by atoms with Crippen LogP contribution < -0.4 is 10.6 Å². The first-order valence-electron chi connectivity index (χ1n) is 5.89. The Labute approximate surface area is 111 Å². The number of hydrogen-bond acceptors (Lipinski definition) is 2. The minimum Gasteiger partial charge on any atom is -0.399 e. The summed E-state index contributed by atoms with van der Waals surface area (Å²) >= 11 is 0. The molecule has 0 aromatic heterocycles. The number of nitrogens with zero attached hydrogens (tertiary/aromatic N) is 1. The van der Waals surface area contributed by atoms with Gasteiger partial charge >= 0.3 is 0 Å². The Morgan fingerprint density at radius 1 is 1.16 bits per heavy atom. The fourth-order valence-corrected chi connectivity index (χ4v) is 1.82. The molecule has 0 aliphatic carbocycles. The van der Waals surface area contributed by atoms with Crippen LogP contribution in [0.4, 0.5) is 15.8 Å². The lowest BCUT2D eigenvalue weighted by Gasteiger charge is -2.18. The van der Waals surface area contributed by atoms with Crippen molar-refractivity contribution < 1.29 is 9.18 Å². The molecule has 1 amide bonds. The van der Waals surface area contributed by atoms with Crippen molar-refractivity contribution in [3.05, 3.63) is 59.4 Å². The summed E-state index contributed by atoms with van der Waals surface area (Å²) in [5.74, 6) is -0.665. The maximum absolute atomic E-state index is 13.2. The molecule has 98 valence electrons. The van der Waals surface area contributed by atoms with E-state index in [1.165, 1.54) is 17.0 Å². The Morgan fingerprint density at radius 3 is 2.42 bits per heavy atom. The van der Waals surface area contributed by atoms with E-state index in [9.17, 15) is 9.18 Å². The SMILES string of the molecule is Cc1ccc(F)cc1C(=O)N(C)c1ccc(N)cc1. The van der Waals surface area contributed by atoms with Crippen LogP contribution in [0.15, 0.2) is 42.5 Å². The Bertz CT molecular complexity index is 608. The van der Waals surface area contributed by atoms with E-state index in [1.807, 2.05) is 0 Å². The van der Waals surface area contributed by atoms with Gasteiger partial charge < -0.3 is 10.6 Å². The van der Waals surface area contributed by atoms with E-state index < -0.39 is 5.82 Å². The third kappa shape index (κ3) is 2.73. The number of benzene rings is 2. The zero-order valence-corrected chi connectivity index (χ0v) is 10.9. The molecule has 3 nitrogen and oxygen atoms in total. The van der Waals surface area contributed by atoms with Crippen LogP contribution in [-0.2, 0) is 0 Å². The first kappa shape index (κ1) is 13.1. The van der Waals surface area contributed by atoms with Gasteiger partial charge in [-0.1, -0.05) is 6.07 Å². The van der Waals surface area contributed by atoms with Crippen molar-refractivity contribution in [1.82, 2.24) is 0 Å². The molecular formula is C15H15FN2O. The van der Waals surface area contributed by atoms with Gasteiger partial charge in [-0.25, -0.2) is 4.39 Å². The molecule has 2 aromatic carbocycles. The van der Waals surface area contributed by atoms with Crippen LogP contribution in [0.5, 0.6) is 0 Å². The maximum atomic E-state index is 13.2. The molecule has 0 radical (unpaired) electrons. The Kier molecular flexibility index (Phi) is 3.51. The second kappa shape index (κ2) is 5.10. The molecule has 0 atom stereocenters. The van der Waals surface area contributed by atoms with Crippen molar-refractivity contribution >= 4 is 17.3 Å². The predicted molar refractivity (Wildman–Crippen MR) is 74.7 cm³/mol. The molecule has 0 aliphatic rings. The first-order chi connectivity index (χ1) is 8.99. The summed E-state index contributed by atoms with van der Waals surface area (Å²) < 4.78 is 13.2. The molecule has 0 spiro atoms. The van der Waals surface area contributed by atoms with Crippen molar-refractivity contribution in [3.8, 4) is 0 Å². The van der Waals surface area contributed by atoms with Crippen molar-refractivity contribution in [1.29, 1.82) is 0 Å². The quantitative estimate of drug-likeness (QED) is 0.842.